The van der Waals surface area contributed by atoms with Crippen molar-refractivity contribution in [1.29, 1.82) is 0 Å². The van der Waals surface area contributed by atoms with Gasteiger partial charge in [-0.05, 0) is 49.6 Å². The van der Waals surface area contributed by atoms with Crippen LogP contribution in [0, 0.1) is 10.1 Å². The van der Waals surface area contributed by atoms with Crippen molar-refractivity contribution in [2.45, 2.75) is 29.1 Å². The molecule has 0 amide bonds. The lowest BCUT2D eigenvalue weighted by Crippen LogP contribution is -2.30. The molecule has 1 aliphatic heterocycles. The summed E-state index contributed by atoms with van der Waals surface area (Å²) in [6, 6.07) is 10.0. The highest BCUT2D eigenvalue weighted by Crippen LogP contribution is 2.32. The number of ether oxygens (including phenoxy) is 1. The van der Waals surface area contributed by atoms with E-state index in [1.165, 1.54) is 28.6 Å². The topological polar surface area (TPSA) is 127 Å². The van der Waals surface area contributed by atoms with Crippen LogP contribution in [0.4, 0.5) is 11.4 Å². The molecular weight excluding hydrogens is 470 g/mol. The van der Waals surface area contributed by atoms with E-state index in [0.29, 0.717) is 44.1 Å². The molecule has 33 heavy (non-hydrogen) atoms. The summed E-state index contributed by atoms with van der Waals surface area (Å²) in [6.45, 7) is 1.58. The molecule has 0 aliphatic carbocycles. The molecule has 3 rings (SSSR count). The zero-order chi connectivity index (χ0) is 24.2. The molecular formula is C21H27N3O7S2. The molecule has 12 heteroatoms. The number of sulfonamides is 1. The van der Waals surface area contributed by atoms with Crippen molar-refractivity contribution >= 4 is 31.2 Å². The minimum absolute atomic E-state index is 0.0709. The molecule has 1 fully saturated rings. The normalized spacial score (nSPS) is 14.8. The highest BCUT2D eigenvalue weighted by molar-refractivity contribution is 7.90. The standard InChI is InChI=1S/C21H27N3O7S2/c1-22(12-5-15-31-18-7-9-19(10-8-18)32(2,27)28)20-11-6-17(24(25)26)16-21(20)33(29,30)23-13-3-4-14-23/h6-11,16H,3-5,12-15H2,1-2H3. The molecule has 10 nitrogen and oxygen atoms in total. The summed E-state index contributed by atoms with van der Waals surface area (Å²) < 4.78 is 56.4. The van der Waals surface area contributed by atoms with Crippen molar-refractivity contribution in [2.75, 3.05) is 44.4 Å². The average Bonchev–Trinajstić information content (AvgIpc) is 3.32. The van der Waals surface area contributed by atoms with E-state index in [2.05, 4.69) is 0 Å². The molecule has 1 saturated heterocycles. The third-order valence-electron chi connectivity index (χ3n) is 5.41. The predicted molar refractivity (Wildman–Crippen MR) is 124 cm³/mol. The number of rotatable bonds is 10. The first-order chi connectivity index (χ1) is 15.5. The van der Waals surface area contributed by atoms with Crippen LogP contribution in [0.3, 0.4) is 0 Å². The number of nitro benzene ring substituents is 1. The van der Waals surface area contributed by atoms with E-state index in [1.54, 1.807) is 24.1 Å². The van der Waals surface area contributed by atoms with Gasteiger partial charge in [-0.2, -0.15) is 4.31 Å². The highest BCUT2D eigenvalue weighted by atomic mass is 32.2. The van der Waals surface area contributed by atoms with Gasteiger partial charge < -0.3 is 9.64 Å². The maximum absolute atomic E-state index is 13.2. The molecule has 0 spiro atoms. The quantitative estimate of drug-likeness (QED) is 0.278. The van der Waals surface area contributed by atoms with Crippen LogP contribution in [0.2, 0.25) is 0 Å². The first-order valence-corrected chi connectivity index (χ1v) is 13.8. The Bertz CT molecular complexity index is 1210. The number of nitrogens with zero attached hydrogens (tertiary/aromatic N) is 3. The summed E-state index contributed by atoms with van der Waals surface area (Å²) >= 11 is 0. The van der Waals surface area contributed by atoms with Crippen molar-refractivity contribution < 1.29 is 26.5 Å². The number of nitro groups is 1. The summed E-state index contributed by atoms with van der Waals surface area (Å²) in [4.78, 5) is 12.5. The van der Waals surface area contributed by atoms with Crippen LogP contribution in [0.15, 0.2) is 52.3 Å². The van der Waals surface area contributed by atoms with E-state index >= 15 is 0 Å². The molecule has 0 radical (unpaired) electrons. The summed E-state index contributed by atoms with van der Waals surface area (Å²) in [5.41, 5.74) is 0.121. The maximum Gasteiger partial charge on any atom is 0.270 e. The third-order valence-corrected chi connectivity index (χ3v) is 8.46. The van der Waals surface area contributed by atoms with Gasteiger partial charge in [0, 0.05) is 45.1 Å². The summed E-state index contributed by atoms with van der Waals surface area (Å²) in [5, 5.41) is 11.2. The van der Waals surface area contributed by atoms with Gasteiger partial charge in [0.05, 0.1) is 22.1 Å². The second-order valence-corrected chi connectivity index (χ2v) is 11.8. The van der Waals surface area contributed by atoms with E-state index in [1.807, 2.05) is 0 Å². The smallest absolute Gasteiger partial charge is 0.270 e. The van der Waals surface area contributed by atoms with Gasteiger partial charge in [0.15, 0.2) is 9.84 Å². The minimum atomic E-state index is -3.85. The number of sulfone groups is 1. The van der Waals surface area contributed by atoms with Crippen molar-refractivity contribution in [2.24, 2.45) is 0 Å². The molecule has 2 aromatic rings. The zero-order valence-electron chi connectivity index (χ0n) is 18.5. The fourth-order valence-corrected chi connectivity index (χ4v) is 6.01. The Morgan fingerprint density at radius 3 is 2.27 bits per heavy atom. The van der Waals surface area contributed by atoms with Gasteiger partial charge in [-0.3, -0.25) is 10.1 Å². The number of benzene rings is 2. The van der Waals surface area contributed by atoms with Gasteiger partial charge in [0.1, 0.15) is 10.6 Å². The van der Waals surface area contributed by atoms with E-state index < -0.39 is 24.8 Å². The third kappa shape index (κ3) is 6.01. The van der Waals surface area contributed by atoms with Gasteiger partial charge in [-0.15, -0.1) is 0 Å². The predicted octanol–water partition coefficient (Wildman–Crippen LogP) is 2.69. The van der Waals surface area contributed by atoms with Crippen LogP contribution in [0.5, 0.6) is 5.75 Å². The van der Waals surface area contributed by atoms with Gasteiger partial charge in [0.2, 0.25) is 10.0 Å². The molecule has 180 valence electrons. The SMILES string of the molecule is CN(CCCOc1ccc(S(C)(=O)=O)cc1)c1ccc([N+](=O)[O-])cc1S(=O)(=O)N1CCCC1. The first-order valence-electron chi connectivity index (χ1n) is 10.4. The summed E-state index contributed by atoms with van der Waals surface area (Å²) in [6.07, 6.45) is 3.21. The number of non-ortho nitro benzene ring substituents is 1. The van der Waals surface area contributed by atoms with Gasteiger partial charge >= 0.3 is 0 Å². The Morgan fingerprint density at radius 1 is 1.06 bits per heavy atom. The summed E-state index contributed by atoms with van der Waals surface area (Å²) in [5.74, 6) is 0.526. The lowest BCUT2D eigenvalue weighted by molar-refractivity contribution is -0.385. The van der Waals surface area contributed by atoms with Crippen molar-refractivity contribution in [1.82, 2.24) is 4.31 Å². The molecule has 0 N–H and O–H groups in total. The lowest BCUT2D eigenvalue weighted by Gasteiger charge is -2.24. The number of hydrogen-bond donors (Lipinski definition) is 0. The van der Waals surface area contributed by atoms with Crippen molar-refractivity contribution in [3.8, 4) is 5.75 Å². The molecule has 0 saturated carbocycles. The monoisotopic (exact) mass is 497 g/mol. The van der Waals surface area contributed by atoms with Gasteiger partial charge in [-0.1, -0.05) is 0 Å². The molecule has 0 atom stereocenters. The second-order valence-electron chi connectivity index (χ2n) is 7.89. The molecule has 1 heterocycles. The number of hydrogen-bond acceptors (Lipinski definition) is 8. The van der Waals surface area contributed by atoms with Crippen LogP contribution in [0.25, 0.3) is 0 Å². The Kier molecular flexibility index (Phi) is 7.60. The van der Waals surface area contributed by atoms with E-state index in [-0.39, 0.29) is 15.5 Å². The molecule has 0 bridgehead atoms. The van der Waals surface area contributed by atoms with Crippen LogP contribution < -0.4 is 9.64 Å². The van der Waals surface area contributed by atoms with E-state index in [9.17, 15) is 26.9 Å². The van der Waals surface area contributed by atoms with Crippen LogP contribution in [0.1, 0.15) is 19.3 Å². The fraction of sp³-hybridized carbons (Fsp3) is 0.429. The molecule has 1 aliphatic rings. The van der Waals surface area contributed by atoms with Crippen molar-refractivity contribution in [3.05, 3.63) is 52.6 Å². The Labute approximate surface area is 193 Å². The van der Waals surface area contributed by atoms with E-state index in [4.69, 9.17) is 4.74 Å². The van der Waals surface area contributed by atoms with Gasteiger partial charge in [0.25, 0.3) is 5.69 Å². The molecule has 0 aromatic heterocycles. The average molecular weight is 498 g/mol. The van der Waals surface area contributed by atoms with Crippen molar-refractivity contribution in [3.63, 3.8) is 0 Å². The second kappa shape index (κ2) is 10.1. The fourth-order valence-electron chi connectivity index (χ4n) is 3.60. The van der Waals surface area contributed by atoms with Gasteiger partial charge in [-0.25, -0.2) is 16.8 Å². The molecule has 0 unspecified atom stereocenters. The maximum atomic E-state index is 13.2. The summed E-state index contributed by atoms with van der Waals surface area (Å²) in [7, 11) is -5.40. The Balaban J connectivity index is 1.69. The first kappa shape index (κ1) is 24.9. The van der Waals surface area contributed by atoms with Crippen LogP contribution in [-0.2, 0) is 19.9 Å². The minimum Gasteiger partial charge on any atom is -0.494 e. The van der Waals surface area contributed by atoms with Crippen LogP contribution >= 0.6 is 0 Å². The van der Waals surface area contributed by atoms with Crippen LogP contribution in [-0.4, -0.2) is 65.6 Å². The lowest BCUT2D eigenvalue weighted by atomic mass is 10.2. The highest BCUT2D eigenvalue weighted by Gasteiger charge is 2.31. The Hall–Kier alpha value is -2.70. The largest absolute Gasteiger partial charge is 0.494 e. The number of anilines is 1. The molecule has 2 aromatic carbocycles. The Morgan fingerprint density at radius 2 is 1.70 bits per heavy atom. The van der Waals surface area contributed by atoms with E-state index in [0.717, 1.165) is 25.2 Å². The zero-order valence-corrected chi connectivity index (χ0v) is 20.1.